The molecule has 6 heteroatoms. The first kappa shape index (κ1) is 16.5. The number of esters is 1. The molecule has 1 unspecified atom stereocenters. The number of carbonyl (C=O) groups is 1. The van der Waals surface area contributed by atoms with E-state index in [1.807, 2.05) is 49.4 Å². The monoisotopic (exact) mass is 314 g/mol. The molecule has 120 valence electrons. The molecular formula is C17H18N2O4. The second kappa shape index (κ2) is 7.93. The standard InChI is InChI=1S/C17H18N2O4/c1-13-7-9-15(10-8-13)18-16(11-19(21)22)17(20)23-12-14-5-3-2-4-6-14/h2-10,16,18H,11-12H2,1H3. The predicted molar refractivity (Wildman–Crippen MR) is 86.7 cm³/mol. The number of ether oxygens (including phenoxy) is 1. The van der Waals surface area contributed by atoms with Gasteiger partial charge >= 0.3 is 5.97 Å². The number of nitro groups is 1. The molecule has 0 aliphatic carbocycles. The number of hydrogen-bond donors (Lipinski definition) is 1. The van der Waals surface area contributed by atoms with Crippen LogP contribution in [0.5, 0.6) is 0 Å². The van der Waals surface area contributed by atoms with Crippen LogP contribution in [0, 0.1) is 17.0 Å². The van der Waals surface area contributed by atoms with Gasteiger partial charge in [0.15, 0.2) is 6.04 Å². The largest absolute Gasteiger partial charge is 0.459 e. The summed E-state index contributed by atoms with van der Waals surface area (Å²) in [6.07, 6.45) is 0. The van der Waals surface area contributed by atoms with Crippen LogP contribution in [0.3, 0.4) is 0 Å². The summed E-state index contributed by atoms with van der Waals surface area (Å²) in [5, 5.41) is 13.6. The van der Waals surface area contributed by atoms with Crippen molar-refractivity contribution in [1.82, 2.24) is 0 Å². The van der Waals surface area contributed by atoms with Gasteiger partial charge in [0.05, 0.1) is 0 Å². The first-order valence-electron chi connectivity index (χ1n) is 7.20. The smallest absolute Gasteiger partial charge is 0.335 e. The van der Waals surface area contributed by atoms with Gasteiger partial charge < -0.3 is 10.1 Å². The Balaban J connectivity index is 2.00. The van der Waals surface area contributed by atoms with Gasteiger partial charge in [0.1, 0.15) is 6.61 Å². The van der Waals surface area contributed by atoms with Crippen LogP contribution in [-0.4, -0.2) is 23.5 Å². The lowest BCUT2D eigenvalue weighted by atomic mass is 10.2. The number of nitrogens with zero attached hydrogens (tertiary/aromatic N) is 1. The SMILES string of the molecule is Cc1ccc(NC(C[N+](=O)[O-])C(=O)OCc2ccccc2)cc1. The lowest BCUT2D eigenvalue weighted by Crippen LogP contribution is -2.37. The van der Waals surface area contributed by atoms with Crippen molar-refractivity contribution in [2.45, 2.75) is 19.6 Å². The molecule has 0 heterocycles. The number of nitrogens with one attached hydrogen (secondary N) is 1. The van der Waals surface area contributed by atoms with Gasteiger partial charge in [-0.2, -0.15) is 0 Å². The first-order chi connectivity index (χ1) is 11.0. The molecule has 0 aromatic heterocycles. The molecule has 0 saturated heterocycles. The van der Waals surface area contributed by atoms with E-state index in [0.717, 1.165) is 11.1 Å². The summed E-state index contributed by atoms with van der Waals surface area (Å²) in [4.78, 5) is 22.4. The highest BCUT2D eigenvalue weighted by Crippen LogP contribution is 2.11. The zero-order chi connectivity index (χ0) is 16.7. The number of hydrogen-bond acceptors (Lipinski definition) is 5. The normalized spacial score (nSPS) is 11.5. The van der Waals surface area contributed by atoms with Crippen LogP contribution in [0.4, 0.5) is 5.69 Å². The highest BCUT2D eigenvalue weighted by Gasteiger charge is 2.25. The van der Waals surface area contributed by atoms with Gasteiger partial charge in [-0.25, -0.2) is 4.79 Å². The third kappa shape index (κ3) is 5.43. The Kier molecular flexibility index (Phi) is 5.68. The van der Waals surface area contributed by atoms with Gasteiger partial charge in [-0.1, -0.05) is 48.0 Å². The van der Waals surface area contributed by atoms with Gasteiger partial charge in [-0.05, 0) is 24.6 Å². The van der Waals surface area contributed by atoms with Crippen LogP contribution in [0.1, 0.15) is 11.1 Å². The molecule has 0 spiro atoms. The van der Waals surface area contributed by atoms with Gasteiger partial charge in [-0.15, -0.1) is 0 Å². The Bertz CT molecular complexity index is 656. The number of aryl methyl sites for hydroxylation is 1. The van der Waals surface area contributed by atoms with Crippen molar-refractivity contribution in [3.8, 4) is 0 Å². The number of rotatable bonds is 7. The minimum absolute atomic E-state index is 0.0868. The summed E-state index contributed by atoms with van der Waals surface area (Å²) in [5.74, 6) is -0.647. The van der Waals surface area contributed by atoms with Crippen molar-refractivity contribution in [3.05, 3.63) is 75.8 Å². The molecule has 23 heavy (non-hydrogen) atoms. The van der Waals surface area contributed by atoms with E-state index in [0.29, 0.717) is 5.69 Å². The van der Waals surface area contributed by atoms with E-state index < -0.39 is 23.5 Å². The molecule has 0 bridgehead atoms. The lowest BCUT2D eigenvalue weighted by molar-refractivity contribution is -0.480. The lowest BCUT2D eigenvalue weighted by Gasteiger charge is -2.15. The van der Waals surface area contributed by atoms with Crippen molar-refractivity contribution in [1.29, 1.82) is 0 Å². The van der Waals surface area contributed by atoms with Gasteiger partial charge in [0.25, 0.3) is 0 Å². The number of anilines is 1. The molecule has 2 aromatic carbocycles. The van der Waals surface area contributed by atoms with E-state index in [2.05, 4.69) is 5.32 Å². The van der Waals surface area contributed by atoms with E-state index >= 15 is 0 Å². The van der Waals surface area contributed by atoms with Gasteiger partial charge in [0, 0.05) is 10.6 Å². The third-order valence-electron chi connectivity index (χ3n) is 3.23. The maximum Gasteiger partial charge on any atom is 0.335 e. The van der Waals surface area contributed by atoms with E-state index in [1.165, 1.54) is 0 Å². The summed E-state index contributed by atoms with van der Waals surface area (Å²) in [6.45, 7) is 1.48. The zero-order valence-electron chi connectivity index (χ0n) is 12.8. The molecule has 0 aliphatic rings. The predicted octanol–water partition coefficient (Wildman–Crippen LogP) is 2.80. The fourth-order valence-electron chi connectivity index (χ4n) is 2.01. The highest BCUT2D eigenvalue weighted by molar-refractivity contribution is 5.79. The molecule has 0 aliphatic heterocycles. The maximum absolute atomic E-state index is 12.1. The van der Waals surface area contributed by atoms with E-state index in [9.17, 15) is 14.9 Å². The molecule has 0 radical (unpaired) electrons. The molecule has 2 aromatic rings. The van der Waals surface area contributed by atoms with E-state index in [4.69, 9.17) is 4.74 Å². The summed E-state index contributed by atoms with van der Waals surface area (Å²) in [5.41, 5.74) is 2.53. The third-order valence-corrected chi connectivity index (χ3v) is 3.23. The second-order valence-corrected chi connectivity index (χ2v) is 5.17. The average molecular weight is 314 g/mol. The van der Waals surface area contributed by atoms with Gasteiger partial charge in [0.2, 0.25) is 6.54 Å². The first-order valence-corrected chi connectivity index (χ1v) is 7.20. The fraction of sp³-hybridized carbons (Fsp3) is 0.235. The average Bonchev–Trinajstić information content (AvgIpc) is 2.54. The van der Waals surface area contributed by atoms with E-state index in [1.54, 1.807) is 12.1 Å². The van der Waals surface area contributed by atoms with E-state index in [-0.39, 0.29) is 6.61 Å². The highest BCUT2D eigenvalue weighted by atomic mass is 16.6. The summed E-state index contributed by atoms with van der Waals surface area (Å²) in [7, 11) is 0. The van der Waals surface area contributed by atoms with Crippen molar-refractivity contribution in [2.75, 3.05) is 11.9 Å². The molecule has 1 N–H and O–H groups in total. The van der Waals surface area contributed by atoms with Crippen LogP contribution < -0.4 is 5.32 Å². The quantitative estimate of drug-likeness (QED) is 0.483. The molecule has 0 saturated carbocycles. The van der Waals surface area contributed by atoms with Crippen LogP contribution in [0.2, 0.25) is 0 Å². The van der Waals surface area contributed by atoms with Crippen LogP contribution >= 0.6 is 0 Å². The Morgan fingerprint density at radius 2 is 1.83 bits per heavy atom. The summed E-state index contributed by atoms with van der Waals surface area (Å²) < 4.78 is 5.18. The maximum atomic E-state index is 12.1. The van der Waals surface area contributed by atoms with Crippen molar-refractivity contribution >= 4 is 11.7 Å². The molecule has 0 fully saturated rings. The molecular weight excluding hydrogens is 296 g/mol. The molecule has 2 rings (SSSR count). The molecule has 1 atom stereocenters. The number of carbonyl (C=O) groups excluding carboxylic acids is 1. The van der Waals surface area contributed by atoms with Crippen molar-refractivity contribution < 1.29 is 14.5 Å². The fourth-order valence-corrected chi connectivity index (χ4v) is 2.01. The molecule has 6 nitrogen and oxygen atoms in total. The van der Waals surface area contributed by atoms with Crippen molar-refractivity contribution in [3.63, 3.8) is 0 Å². The molecule has 0 amide bonds. The van der Waals surface area contributed by atoms with Crippen LogP contribution in [0.15, 0.2) is 54.6 Å². The minimum atomic E-state index is -1.03. The Morgan fingerprint density at radius 1 is 1.17 bits per heavy atom. The van der Waals surface area contributed by atoms with Crippen molar-refractivity contribution in [2.24, 2.45) is 0 Å². The summed E-state index contributed by atoms with van der Waals surface area (Å²) in [6, 6.07) is 15.4. The van der Waals surface area contributed by atoms with Crippen LogP contribution in [-0.2, 0) is 16.1 Å². The topological polar surface area (TPSA) is 81.5 Å². The zero-order valence-corrected chi connectivity index (χ0v) is 12.8. The second-order valence-electron chi connectivity index (χ2n) is 5.17. The van der Waals surface area contributed by atoms with Crippen LogP contribution in [0.25, 0.3) is 0 Å². The number of benzene rings is 2. The summed E-state index contributed by atoms with van der Waals surface area (Å²) >= 11 is 0. The minimum Gasteiger partial charge on any atom is -0.459 e. The van der Waals surface area contributed by atoms with Gasteiger partial charge in [-0.3, -0.25) is 10.1 Å². The Morgan fingerprint density at radius 3 is 2.43 bits per heavy atom. The Labute approximate surface area is 134 Å². The Hall–Kier alpha value is -2.89.